The Morgan fingerprint density at radius 1 is 1.08 bits per heavy atom. The van der Waals surface area contributed by atoms with Crippen molar-refractivity contribution in [1.82, 2.24) is 9.21 Å². The van der Waals surface area contributed by atoms with Crippen molar-refractivity contribution in [2.75, 3.05) is 19.6 Å². The Kier molecular flexibility index (Phi) is 4.39. The highest BCUT2D eigenvalue weighted by Gasteiger charge is 2.51. The fourth-order valence-corrected chi connectivity index (χ4v) is 6.56. The average molecular weight is 377 g/mol. The van der Waals surface area contributed by atoms with Gasteiger partial charge in [0.1, 0.15) is 0 Å². The lowest BCUT2D eigenvalue weighted by Crippen LogP contribution is -2.37. The SMILES string of the molecule is O=C(Cc1cccs1)N1C[C@H]2CN(Cc3ccccc3)S(=O)(=O)[C@@H]2C1. The van der Waals surface area contributed by atoms with Crippen LogP contribution in [0.3, 0.4) is 0 Å². The number of amides is 1. The summed E-state index contributed by atoms with van der Waals surface area (Å²) in [6.07, 6.45) is 0.366. The molecule has 0 saturated carbocycles. The van der Waals surface area contributed by atoms with Crippen molar-refractivity contribution >= 4 is 27.3 Å². The second kappa shape index (κ2) is 6.55. The summed E-state index contributed by atoms with van der Waals surface area (Å²) < 4.78 is 27.3. The molecule has 1 amide bonds. The molecular formula is C18H20N2O3S2. The second-order valence-corrected chi connectivity index (χ2v) is 9.86. The first-order valence-electron chi connectivity index (χ1n) is 8.37. The molecule has 25 heavy (non-hydrogen) atoms. The monoisotopic (exact) mass is 376 g/mol. The van der Waals surface area contributed by atoms with Gasteiger partial charge in [-0.05, 0) is 17.0 Å². The van der Waals surface area contributed by atoms with E-state index in [-0.39, 0.29) is 11.8 Å². The molecule has 4 rings (SSSR count). The molecule has 1 aromatic heterocycles. The zero-order chi connectivity index (χ0) is 17.4. The second-order valence-electron chi connectivity index (χ2n) is 6.68. The largest absolute Gasteiger partial charge is 0.341 e. The first-order valence-corrected chi connectivity index (χ1v) is 10.8. The molecule has 7 heteroatoms. The van der Waals surface area contributed by atoms with Gasteiger partial charge in [0.15, 0.2) is 0 Å². The Morgan fingerprint density at radius 3 is 2.56 bits per heavy atom. The Balaban J connectivity index is 1.43. The van der Waals surface area contributed by atoms with E-state index in [9.17, 15) is 13.2 Å². The van der Waals surface area contributed by atoms with Crippen LogP contribution < -0.4 is 0 Å². The maximum atomic E-state index is 12.9. The molecule has 3 heterocycles. The van der Waals surface area contributed by atoms with E-state index in [0.717, 1.165) is 10.4 Å². The Labute approximate surface area is 151 Å². The normalized spacial score (nSPS) is 25.2. The molecule has 0 radical (unpaired) electrons. The van der Waals surface area contributed by atoms with Crippen molar-refractivity contribution in [2.45, 2.75) is 18.2 Å². The number of fused-ring (bicyclic) bond motifs is 1. The Morgan fingerprint density at radius 2 is 1.88 bits per heavy atom. The minimum Gasteiger partial charge on any atom is -0.341 e. The summed E-state index contributed by atoms with van der Waals surface area (Å²) in [7, 11) is -3.35. The molecule has 2 aromatic rings. The number of sulfonamides is 1. The van der Waals surface area contributed by atoms with Gasteiger partial charge < -0.3 is 4.90 Å². The van der Waals surface area contributed by atoms with Crippen LogP contribution in [0, 0.1) is 5.92 Å². The number of hydrogen-bond donors (Lipinski definition) is 0. The van der Waals surface area contributed by atoms with E-state index in [1.807, 2.05) is 47.8 Å². The van der Waals surface area contributed by atoms with Crippen LogP contribution in [0.4, 0.5) is 0 Å². The predicted molar refractivity (Wildman–Crippen MR) is 97.7 cm³/mol. The number of likely N-dealkylation sites (tertiary alicyclic amines) is 1. The number of carbonyl (C=O) groups excluding carboxylic acids is 1. The van der Waals surface area contributed by atoms with Gasteiger partial charge in [-0.2, -0.15) is 4.31 Å². The van der Waals surface area contributed by atoms with E-state index in [0.29, 0.717) is 32.6 Å². The van der Waals surface area contributed by atoms with Crippen molar-refractivity contribution < 1.29 is 13.2 Å². The smallest absolute Gasteiger partial charge is 0.227 e. The number of nitrogens with zero attached hydrogens (tertiary/aromatic N) is 2. The quantitative estimate of drug-likeness (QED) is 0.820. The molecule has 0 aliphatic carbocycles. The summed E-state index contributed by atoms with van der Waals surface area (Å²) in [6, 6.07) is 13.5. The van der Waals surface area contributed by atoms with E-state index in [4.69, 9.17) is 0 Å². The molecule has 0 spiro atoms. The van der Waals surface area contributed by atoms with E-state index < -0.39 is 15.3 Å². The first kappa shape index (κ1) is 16.8. The summed E-state index contributed by atoms with van der Waals surface area (Å²) >= 11 is 1.56. The van der Waals surface area contributed by atoms with Crippen molar-refractivity contribution in [1.29, 1.82) is 0 Å². The van der Waals surface area contributed by atoms with Crippen LogP contribution in [0.1, 0.15) is 10.4 Å². The molecule has 2 saturated heterocycles. The first-order chi connectivity index (χ1) is 12.0. The average Bonchev–Trinajstić information content (AvgIpc) is 3.28. The van der Waals surface area contributed by atoms with Gasteiger partial charge in [0.25, 0.3) is 0 Å². The molecule has 2 aliphatic rings. The minimum atomic E-state index is -3.35. The number of hydrogen-bond acceptors (Lipinski definition) is 4. The zero-order valence-corrected chi connectivity index (χ0v) is 15.4. The lowest BCUT2D eigenvalue weighted by Gasteiger charge is -2.21. The van der Waals surface area contributed by atoms with Gasteiger partial charge in [0.2, 0.25) is 15.9 Å². The van der Waals surface area contributed by atoms with Crippen LogP contribution in [-0.2, 0) is 27.8 Å². The highest BCUT2D eigenvalue weighted by Crippen LogP contribution is 2.35. The van der Waals surface area contributed by atoms with Gasteiger partial charge in [-0.15, -0.1) is 11.3 Å². The molecule has 2 atom stereocenters. The number of carbonyl (C=O) groups is 1. The minimum absolute atomic E-state index is 0.0148. The van der Waals surface area contributed by atoms with Gasteiger partial charge in [-0.1, -0.05) is 36.4 Å². The highest BCUT2D eigenvalue weighted by atomic mass is 32.2. The number of thiophene rings is 1. The van der Waals surface area contributed by atoms with Gasteiger partial charge in [0, 0.05) is 37.0 Å². The maximum Gasteiger partial charge on any atom is 0.227 e. The van der Waals surface area contributed by atoms with Crippen molar-refractivity contribution in [2.24, 2.45) is 5.92 Å². The fourth-order valence-electron chi connectivity index (χ4n) is 3.73. The molecule has 2 aliphatic heterocycles. The lowest BCUT2D eigenvalue weighted by molar-refractivity contribution is -0.129. The molecule has 1 aromatic carbocycles. The summed E-state index contributed by atoms with van der Waals surface area (Å²) in [5.74, 6) is 0.0441. The topological polar surface area (TPSA) is 57.7 Å². The van der Waals surface area contributed by atoms with Crippen molar-refractivity contribution in [3.05, 3.63) is 58.3 Å². The molecule has 0 bridgehead atoms. The third-order valence-electron chi connectivity index (χ3n) is 5.02. The van der Waals surface area contributed by atoms with Crippen LogP contribution in [0.2, 0.25) is 0 Å². The molecule has 2 fully saturated rings. The Bertz CT molecular complexity index is 850. The molecule has 5 nitrogen and oxygen atoms in total. The van der Waals surface area contributed by atoms with E-state index in [1.54, 1.807) is 20.5 Å². The van der Waals surface area contributed by atoms with Crippen molar-refractivity contribution in [3.8, 4) is 0 Å². The Hall–Kier alpha value is -1.70. The number of benzene rings is 1. The van der Waals surface area contributed by atoms with E-state index in [1.165, 1.54) is 0 Å². The fraction of sp³-hybridized carbons (Fsp3) is 0.389. The van der Waals surface area contributed by atoms with Crippen molar-refractivity contribution in [3.63, 3.8) is 0 Å². The molecule has 0 N–H and O–H groups in total. The van der Waals surface area contributed by atoms with Crippen LogP contribution in [0.25, 0.3) is 0 Å². The highest BCUT2D eigenvalue weighted by molar-refractivity contribution is 7.90. The van der Waals surface area contributed by atoms with Crippen LogP contribution in [0.15, 0.2) is 47.8 Å². The van der Waals surface area contributed by atoms with Gasteiger partial charge in [-0.3, -0.25) is 4.79 Å². The zero-order valence-electron chi connectivity index (χ0n) is 13.7. The van der Waals surface area contributed by atoms with E-state index >= 15 is 0 Å². The predicted octanol–water partition coefficient (Wildman–Crippen LogP) is 1.96. The standard InChI is InChI=1S/C18H20N2O3S2/c21-18(9-16-7-4-8-24-16)19-11-15-12-20(25(22,23)17(15)13-19)10-14-5-2-1-3-6-14/h1-8,15,17H,9-13H2/t15-,17+/m0/s1. The van der Waals surface area contributed by atoms with Gasteiger partial charge in [-0.25, -0.2) is 8.42 Å². The van der Waals surface area contributed by atoms with Gasteiger partial charge in [0.05, 0.1) is 11.7 Å². The van der Waals surface area contributed by atoms with Gasteiger partial charge >= 0.3 is 0 Å². The summed E-state index contributed by atoms with van der Waals surface area (Å²) in [6.45, 7) is 1.78. The van der Waals surface area contributed by atoms with Crippen LogP contribution >= 0.6 is 11.3 Å². The van der Waals surface area contributed by atoms with Crippen LogP contribution in [0.5, 0.6) is 0 Å². The summed E-state index contributed by atoms with van der Waals surface area (Å²) in [4.78, 5) is 15.2. The molecule has 0 unspecified atom stereocenters. The lowest BCUT2D eigenvalue weighted by atomic mass is 10.1. The molecular weight excluding hydrogens is 356 g/mol. The summed E-state index contributed by atoms with van der Waals surface area (Å²) in [5.41, 5.74) is 0.997. The molecule has 132 valence electrons. The third kappa shape index (κ3) is 3.23. The van der Waals surface area contributed by atoms with E-state index in [2.05, 4.69) is 0 Å². The third-order valence-corrected chi connectivity index (χ3v) is 8.20. The van der Waals surface area contributed by atoms with Crippen LogP contribution in [-0.4, -0.2) is 48.4 Å². The maximum absolute atomic E-state index is 12.9. The summed E-state index contributed by atoms with van der Waals surface area (Å²) in [5, 5.41) is 1.50. The number of rotatable bonds is 4.